The maximum atomic E-state index is 12.1. The molecule has 4 aromatic carbocycles. The molecule has 1 heterocycles. The second-order valence-corrected chi connectivity index (χ2v) is 10.7. The van der Waals surface area contributed by atoms with Gasteiger partial charge in [0, 0.05) is 32.5 Å². The molecule has 0 bridgehead atoms. The van der Waals surface area contributed by atoms with Crippen LogP contribution in [0.4, 0.5) is 11.4 Å². The normalized spacial score (nSPS) is 11.7. The lowest BCUT2D eigenvalue weighted by molar-refractivity contribution is 0.0692. The van der Waals surface area contributed by atoms with Gasteiger partial charge in [0.05, 0.1) is 16.9 Å². The highest BCUT2D eigenvalue weighted by atomic mass is 35.5. The second kappa shape index (κ2) is 12.8. The molecule has 1 aliphatic heterocycles. The van der Waals surface area contributed by atoms with Crippen LogP contribution in [0.15, 0.2) is 101 Å². The summed E-state index contributed by atoms with van der Waals surface area (Å²) in [7, 11) is 4.23. The Kier molecular flexibility index (Phi) is 9.30. The van der Waals surface area contributed by atoms with Crippen LogP contribution in [-0.2, 0) is 0 Å². The summed E-state index contributed by atoms with van der Waals surface area (Å²) in [5.41, 5.74) is 2.95. The van der Waals surface area contributed by atoms with Crippen molar-refractivity contribution in [2.45, 2.75) is 16.2 Å². The van der Waals surface area contributed by atoms with Crippen molar-refractivity contribution in [1.29, 1.82) is 0 Å². The number of phenols is 1. The molecule has 0 amide bonds. The summed E-state index contributed by atoms with van der Waals surface area (Å²) in [5.74, 6) is -1.47. The number of aromatic hydroxyl groups is 1. The minimum Gasteiger partial charge on any atom is -0.508 e. The fraction of sp³-hybridized carbons (Fsp3) is 0.161. The fourth-order valence-corrected chi connectivity index (χ4v) is 5.47. The maximum Gasteiger partial charge on any atom is 0.336 e. The third-order valence-electron chi connectivity index (χ3n) is 6.11. The molecule has 1 aliphatic rings. The zero-order chi connectivity index (χ0) is 27.9. The zero-order valence-corrected chi connectivity index (χ0v) is 23.2. The number of ketones is 1. The minimum absolute atomic E-state index is 0.0319. The minimum atomic E-state index is -1.14. The van der Waals surface area contributed by atoms with Gasteiger partial charge in [-0.25, -0.2) is 4.79 Å². The smallest absolute Gasteiger partial charge is 0.336 e. The number of anilines is 2. The van der Waals surface area contributed by atoms with E-state index in [4.69, 9.17) is 21.8 Å². The Morgan fingerprint density at radius 3 is 2.18 bits per heavy atom. The van der Waals surface area contributed by atoms with Gasteiger partial charge in [-0.1, -0.05) is 53.7 Å². The van der Waals surface area contributed by atoms with Gasteiger partial charge in [-0.3, -0.25) is 4.79 Å². The van der Waals surface area contributed by atoms with Crippen molar-refractivity contribution in [2.75, 3.05) is 32.1 Å². The number of rotatable bonds is 7. The highest BCUT2D eigenvalue weighted by Crippen LogP contribution is 2.48. The summed E-state index contributed by atoms with van der Waals surface area (Å²) in [6.07, 6.45) is 1.12. The number of carbonyl (C=O) groups is 2. The number of carboxylic acid groups (broad SMARTS) is 1. The van der Waals surface area contributed by atoms with Crippen LogP contribution in [0.3, 0.4) is 0 Å². The topological polar surface area (TPSA) is 81.1 Å². The predicted octanol–water partition coefficient (Wildman–Crippen LogP) is 7.22. The van der Waals surface area contributed by atoms with Gasteiger partial charge in [0.1, 0.15) is 5.75 Å². The molecule has 6 nitrogen and oxygen atoms in total. The van der Waals surface area contributed by atoms with E-state index >= 15 is 0 Å². The van der Waals surface area contributed by atoms with Crippen molar-refractivity contribution in [3.8, 4) is 5.75 Å². The molecule has 0 unspecified atom stereocenters. The highest BCUT2D eigenvalue weighted by Gasteiger charge is 2.23. The molecule has 39 heavy (non-hydrogen) atoms. The van der Waals surface area contributed by atoms with Crippen LogP contribution in [0.5, 0.6) is 5.75 Å². The first kappa shape index (κ1) is 28.2. The van der Waals surface area contributed by atoms with Crippen LogP contribution in [0.2, 0.25) is 5.02 Å². The number of carboxylic acids is 1. The number of hydrogen-bond acceptors (Lipinski definition) is 6. The van der Waals surface area contributed by atoms with E-state index < -0.39 is 5.97 Å². The molecular weight excluding hydrogens is 532 g/mol. The molecule has 0 aliphatic carbocycles. The second-order valence-electron chi connectivity index (χ2n) is 9.22. The molecule has 8 heteroatoms. The van der Waals surface area contributed by atoms with Crippen LogP contribution in [0, 0.1) is 0 Å². The van der Waals surface area contributed by atoms with Crippen molar-refractivity contribution >= 4 is 46.5 Å². The first-order chi connectivity index (χ1) is 18.7. The van der Waals surface area contributed by atoms with E-state index in [0.29, 0.717) is 5.56 Å². The SMILES string of the molecule is CN(C)CCCN1c2ccccc2Sc2ccc(Cl)cc21.O=C(O)c1ccccc1C(=O)c1ccc(O)cc1. The number of halogens is 1. The number of carbonyl (C=O) groups excluding carboxylic acids is 1. The molecule has 0 aromatic heterocycles. The third kappa shape index (κ3) is 7.00. The van der Waals surface area contributed by atoms with Gasteiger partial charge >= 0.3 is 5.97 Å². The monoisotopic (exact) mass is 560 g/mol. The Bertz CT molecular complexity index is 1470. The molecule has 0 saturated heterocycles. The molecule has 2 N–H and O–H groups in total. The molecule has 0 radical (unpaired) electrons. The number of fused-ring (bicyclic) bond motifs is 2. The first-order valence-corrected chi connectivity index (χ1v) is 13.6. The highest BCUT2D eigenvalue weighted by molar-refractivity contribution is 7.99. The molecule has 0 atom stereocenters. The van der Waals surface area contributed by atoms with E-state index in [2.05, 4.69) is 60.3 Å². The number of benzene rings is 4. The summed E-state index contributed by atoms with van der Waals surface area (Å²) in [5, 5.41) is 19.0. The van der Waals surface area contributed by atoms with Gasteiger partial charge in [-0.2, -0.15) is 0 Å². The van der Waals surface area contributed by atoms with Gasteiger partial charge in [-0.15, -0.1) is 0 Å². The summed E-state index contributed by atoms with van der Waals surface area (Å²) in [6, 6.07) is 26.5. The van der Waals surface area contributed by atoms with E-state index in [1.807, 2.05) is 17.8 Å². The number of aromatic carboxylic acids is 1. The van der Waals surface area contributed by atoms with Crippen molar-refractivity contribution in [3.05, 3.63) is 113 Å². The van der Waals surface area contributed by atoms with Gasteiger partial charge in [0.2, 0.25) is 0 Å². The number of phenolic OH excluding ortho intramolecular Hbond substituents is 1. The molecule has 0 fully saturated rings. The van der Waals surface area contributed by atoms with E-state index in [1.165, 1.54) is 57.6 Å². The Labute approximate surface area is 237 Å². The Morgan fingerprint density at radius 1 is 0.846 bits per heavy atom. The van der Waals surface area contributed by atoms with Crippen molar-refractivity contribution < 1.29 is 19.8 Å². The first-order valence-electron chi connectivity index (χ1n) is 12.4. The van der Waals surface area contributed by atoms with E-state index in [1.54, 1.807) is 12.1 Å². The quantitative estimate of drug-likeness (QED) is 0.231. The molecule has 0 saturated carbocycles. The Balaban J connectivity index is 0.000000183. The number of hydrogen-bond donors (Lipinski definition) is 2. The lowest BCUT2D eigenvalue weighted by Gasteiger charge is -2.33. The third-order valence-corrected chi connectivity index (χ3v) is 7.47. The van der Waals surface area contributed by atoms with Crippen LogP contribution in [-0.4, -0.2) is 54.1 Å². The van der Waals surface area contributed by atoms with Crippen LogP contribution < -0.4 is 4.90 Å². The predicted molar refractivity (Wildman–Crippen MR) is 157 cm³/mol. The van der Waals surface area contributed by atoms with Gasteiger partial charge < -0.3 is 20.0 Å². The maximum absolute atomic E-state index is 12.1. The van der Waals surface area contributed by atoms with E-state index in [9.17, 15) is 9.59 Å². The van der Waals surface area contributed by atoms with Crippen LogP contribution >= 0.6 is 23.4 Å². The van der Waals surface area contributed by atoms with Crippen LogP contribution in [0.25, 0.3) is 0 Å². The summed E-state index contributed by atoms with van der Waals surface area (Å²) in [6.45, 7) is 2.09. The van der Waals surface area contributed by atoms with Crippen molar-refractivity contribution in [1.82, 2.24) is 4.90 Å². The van der Waals surface area contributed by atoms with E-state index in [0.717, 1.165) is 24.5 Å². The molecule has 0 spiro atoms. The average Bonchev–Trinajstić information content (AvgIpc) is 2.93. The average molecular weight is 561 g/mol. The molecule has 5 rings (SSSR count). The van der Waals surface area contributed by atoms with Gasteiger partial charge in [0.15, 0.2) is 5.78 Å². The van der Waals surface area contributed by atoms with E-state index in [-0.39, 0.29) is 22.7 Å². The van der Waals surface area contributed by atoms with Crippen LogP contribution in [0.1, 0.15) is 32.7 Å². The van der Waals surface area contributed by atoms with Crippen molar-refractivity contribution in [2.24, 2.45) is 0 Å². The summed E-state index contributed by atoms with van der Waals surface area (Å²) in [4.78, 5) is 30.4. The van der Waals surface area contributed by atoms with Gasteiger partial charge in [0.25, 0.3) is 0 Å². The standard InChI is InChI=1S/C17H19ClN2S.C14H10O4/c1-19(2)10-5-11-20-14-6-3-4-7-16(14)21-17-9-8-13(18)12-15(17)20;15-10-7-5-9(6-8-10)13(16)11-3-1-2-4-12(11)14(17)18/h3-4,6-9,12H,5,10-11H2,1-2H3;1-8,15H,(H,17,18). The number of para-hydroxylation sites is 1. The fourth-order valence-electron chi connectivity index (χ4n) is 4.22. The number of nitrogens with zero attached hydrogens (tertiary/aromatic N) is 2. The summed E-state index contributed by atoms with van der Waals surface area (Å²) < 4.78 is 0. The summed E-state index contributed by atoms with van der Waals surface area (Å²) >= 11 is 8.03. The Hall–Kier alpha value is -3.78. The Morgan fingerprint density at radius 2 is 1.49 bits per heavy atom. The molecule has 200 valence electrons. The van der Waals surface area contributed by atoms with Gasteiger partial charge in [-0.05, 0) is 87.7 Å². The van der Waals surface area contributed by atoms with Crippen molar-refractivity contribution in [3.63, 3.8) is 0 Å². The zero-order valence-electron chi connectivity index (χ0n) is 21.7. The largest absolute Gasteiger partial charge is 0.508 e. The molecule has 4 aromatic rings. The lowest BCUT2D eigenvalue weighted by atomic mass is 9.98. The molecular formula is C31H29ClN2O4S. The lowest BCUT2D eigenvalue weighted by Crippen LogP contribution is -2.25.